The van der Waals surface area contributed by atoms with Crippen molar-refractivity contribution in [1.29, 1.82) is 0 Å². The topological polar surface area (TPSA) is 59.8 Å². The second-order valence-electron chi connectivity index (χ2n) is 5.67. The molecule has 1 amide bonds. The van der Waals surface area contributed by atoms with Crippen molar-refractivity contribution < 1.29 is 4.79 Å². The van der Waals surface area contributed by atoms with E-state index >= 15 is 0 Å². The van der Waals surface area contributed by atoms with Gasteiger partial charge in [-0.15, -0.1) is 10.2 Å². The first-order chi connectivity index (χ1) is 12.5. The Balaban J connectivity index is 1.68. The summed E-state index contributed by atoms with van der Waals surface area (Å²) < 4.78 is 1.87. The first kappa shape index (κ1) is 18.8. The molecule has 0 atom stereocenters. The summed E-state index contributed by atoms with van der Waals surface area (Å²) in [7, 11) is 1.88. The number of nitrogens with zero attached hydrogens (tertiary/aromatic N) is 3. The van der Waals surface area contributed by atoms with Gasteiger partial charge in [0.1, 0.15) is 0 Å². The first-order valence-corrected chi connectivity index (χ1v) is 9.53. The highest BCUT2D eigenvalue weighted by Gasteiger charge is 2.14. The van der Waals surface area contributed by atoms with Crippen molar-refractivity contribution in [2.45, 2.75) is 12.1 Å². The van der Waals surface area contributed by atoms with E-state index in [0.29, 0.717) is 20.9 Å². The fourth-order valence-electron chi connectivity index (χ4n) is 2.40. The van der Waals surface area contributed by atoms with Crippen LogP contribution in [0.4, 0.5) is 5.69 Å². The number of aromatic nitrogens is 3. The van der Waals surface area contributed by atoms with Crippen LogP contribution in [0.2, 0.25) is 10.0 Å². The van der Waals surface area contributed by atoms with Gasteiger partial charge in [0.15, 0.2) is 11.0 Å². The fraction of sp³-hybridized carbons (Fsp3) is 0.167. The van der Waals surface area contributed by atoms with Gasteiger partial charge < -0.3 is 9.88 Å². The zero-order valence-electron chi connectivity index (χ0n) is 14.2. The molecule has 134 valence electrons. The summed E-state index contributed by atoms with van der Waals surface area (Å²) in [5.74, 6) is 0.706. The Morgan fingerprint density at radius 1 is 1.15 bits per heavy atom. The van der Waals surface area contributed by atoms with E-state index in [4.69, 9.17) is 23.2 Å². The number of rotatable bonds is 5. The standard InChI is InChI=1S/C18H16Cl2N4OS/c1-11-5-3-6-12(9-11)17-22-23-18(24(17)2)26-10-15(25)21-16-13(19)7-4-8-14(16)20/h3-9H,10H2,1-2H3,(H,21,25). The number of nitrogens with one attached hydrogen (secondary N) is 1. The molecule has 5 nitrogen and oxygen atoms in total. The third kappa shape index (κ3) is 4.20. The molecule has 26 heavy (non-hydrogen) atoms. The van der Waals surface area contributed by atoms with Crippen LogP contribution in [-0.2, 0) is 11.8 Å². The minimum absolute atomic E-state index is 0.168. The van der Waals surface area contributed by atoms with Crippen molar-refractivity contribution in [3.8, 4) is 11.4 Å². The molecule has 1 N–H and O–H groups in total. The molecule has 0 fully saturated rings. The molecule has 1 heterocycles. The van der Waals surface area contributed by atoms with Crippen LogP contribution in [0.15, 0.2) is 47.6 Å². The Kier molecular flexibility index (Phi) is 5.86. The number of anilines is 1. The van der Waals surface area contributed by atoms with Gasteiger partial charge in [-0.2, -0.15) is 0 Å². The number of amides is 1. The minimum atomic E-state index is -0.217. The van der Waals surface area contributed by atoms with E-state index in [1.54, 1.807) is 18.2 Å². The molecule has 0 aliphatic rings. The molecule has 0 unspecified atom stereocenters. The van der Waals surface area contributed by atoms with Gasteiger partial charge in [0.05, 0.1) is 21.5 Å². The van der Waals surface area contributed by atoms with Crippen molar-refractivity contribution in [2.24, 2.45) is 7.05 Å². The molecule has 0 aliphatic heterocycles. The molecule has 0 bridgehead atoms. The SMILES string of the molecule is Cc1cccc(-c2nnc(SCC(=O)Nc3c(Cl)cccc3Cl)n2C)c1. The molecule has 0 radical (unpaired) electrons. The largest absolute Gasteiger partial charge is 0.323 e. The van der Waals surface area contributed by atoms with E-state index in [-0.39, 0.29) is 11.7 Å². The summed E-state index contributed by atoms with van der Waals surface area (Å²) in [4.78, 5) is 12.2. The van der Waals surface area contributed by atoms with Gasteiger partial charge in [-0.25, -0.2) is 0 Å². The normalized spacial score (nSPS) is 10.8. The summed E-state index contributed by atoms with van der Waals surface area (Å²) >= 11 is 13.4. The van der Waals surface area contributed by atoms with E-state index in [2.05, 4.69) is 15.5 Å². The molecule has 0 saturated carbocycles. The summed E-state index contributed by atoms with van der Waals surface area (Å²) in [6.07, 6.45) is 0. The zero-order valence-corrected chi connectivity index (χ0v) is 16.5. The van der Waals surface area contributed by atoms with Crippen LogP contribution in [0.3, 0.4) is 0 Å². The number of carbonyl (C=O) groups excluding carboxylic acids is 1. The van der Waals surface area contributed by atoms with Crippen molar-refractivity contribution in [3.63, 3.8) is 0 Å². The molecule has 0 aliphatic carbocycles. The minimum Gasteiger partial charge on any atom is -0.323 e. The third-order valence-corrected chi connectivity index (χ3v) is 5.32. The van der Waals surface area contributed by atoms with E-state index in [1.807, 2.05) is 42.8 Å². The molecule has 8 heteroatoms. The van der Waals surface area contributed by atoms with Gasteiger partial charge in [0.25, 0.3) is 0 Å². The lowest BCUT2D eigenvalue weighted by Crippen LogP contribution is -2.15. The number of hydrogen-bond acceptors (Lipinski definition) is 4. The van der Waals surface area contributed by atoms with Gasteiger partial charge in [0.2, 0.25) is 5.91 Å². The predicted octanol–water partition coefficient (Wildman–Crippen LogP) is 4.83. The molecular weight excluding hydrogens is 391 g/mol. The molecule has 3 aromatic rings. The Morgan fingerprint density at radius 2 is 1.85 bits per heavy atom. The maximum atomic E-state index is 12.2. The highest BCUT2D eigenvalue weighted by molar-refractivity contribution is 7.99. The summed E-state index contributed by atoms with van der Waals surface area (Å²) in [6.45, 7) is 2.03. The van der Waals surface area contributed by atoms with Crippen molar-refractivity contribution in [2.75, 3.05) is 11.1 Å². The smallest absolute Gasteiger partial charge is 0.234 e. The number of benzene rings is 2. The van der Waals surface area contributed by atoms with Crippen LogP contribution in [-0.4, -0.2) is 26.4 Å². The lowest BCUT2D eigenvalue weighted by atomic mass is 10.1. The molecule has 0 saturated heterocycles. The van der Waals surface area contributed by atoms with Crippen LogP contribution in [0.25, 0.3) is 11.4 Å². The van der Waals surface area contributed by atoms with E-state index in [9.17, 15) is 4.79 Å². The molecule has 1 aromatic heterocycles. The second-order valence-corrected chi connectivity index (χ2v) is 7.43. The van der Waals surface area contributed by atoms with Crippen LogP contribution < -0.4 is 5.32 Å². The summed E-state index contributed by atoms with van der Waals surface area (Å²) in [6, 6.07) is 13.1. The van der Waals surface area contributed by atoms with Gasteiger partial charge in [-0.3, -0.25) is 4.79 Å². The highest BCUT2D eigenvalue weighted by Crippen LogP contribution is 2.30. The summed E-state index contributed by atoms with van der Waals surface area (Å²) in [5, 5.41) is 12.6. The number of hydrogen-bond donors (Lipinski definition) is 1. The van der Waals surface area contributed by atoms with Gasteiger partial charge in [0, 0.05) is 12.6 Å². The van der Waals surface area contributed by atoms with Crippen molar-refractivity contribution in [3.05, 3.63) is 58.1 Å². The highest BCUT2D eigenvalue weighted by atomic mass is 35.5. The van der Waals surface area contributed by atoms with Crippen LogP contribution in [0, 0.1) is 6.92 Å². The number of aryl methyl sites for hydroxylation is 1. The van der Waals surface area contributed by atoms with Gasteiger partial charge >= 0.3 is 0 Å². The Morgan fingerprint density at radius 3 is 2.54 bits per heavy atom. The summed E-state index contributed by atoms with van der Waals surface area (Å²) in [5.41, 5.74) is 2.55. The predicted molar refractivity (Wildman–Crippen MR) is 107 cm³/mol. The fourth-order valence-corrected chi connectivity index (χ4v) is 3.60. The number of carbonyl (C=O) groups is 1. The Hall–Kier alpha value is -2.02. The van der Waals surface area contributed by atoms with Crippen LogP contribution >= 0.6 is 35.0 Å². The van der Waals surface area contributed by atoms with Gasteiger partial charge in [-0.05, 0) is 25.1 Å². The second kappa shape index (κ2) is 8.12. The van der Waals surface area contributed by atoms with E-state index in [0.717, 1.165) is 17.0 Å². The lowest BCUT2D eigenvalue weighted by Gasteiger charge is -2.09. The molecule has 0 spiro atoms. The van der Waals surface area contributed by atoms with Crippen molar-refractivity contribution >= 4 is 46.6 Å². The lowest BCUT2D eigenvalue weighted by molar-refractivity contribution is -0.113. The Bertz CT molecular complexity index is 938. The van der Waals surface area contributed by atoms with Gasteiger partial charge in [-0.1, -0.05) is 64.8 Å². The Labute approximate surface area is 165 Å². The maximum absolute atomic E-state index is 12.2. The number of thioether (sulfide) groups is 1. The van der Waals surface area contributed by atoms with E-state index < -0.39 is 0 Å². The van der Waals surface area contributed by atoms with Crippen LogP contribution in [0.1, 0.15) is 5.56 Å². The van der Waals surface area contributed by atoms with E-state index in [1.165, 1.54) is 11.8 Å². The van der Waals surface area contributed by atoms with Crippen LogP contribution in [0.5, 0.6) is 0 Å². The molecule has 2 aromatic carbocycles. The maximum Gasteiger partial charge on any atom is 0.234 e. The molecular formula is C18H16Cl2N4OS. The number of para-hydroxylation sites is 1. The zero-order chi connectivity index (χ0) is 18.7. The average molecular weight is 407 g/mol. The third-order valence-electron chi connectivity index (χ3n) is 3.67. The number of halogens is 2. The monoisotopic (exact) mass is 406 g/mol. The van der Waals surface area contributed by atoms with Crippen molar-refractivity contribution in [1.82, 2.24) is 14.8 Å². The first-order valence-electron chi connectivity index (χ1n) is 7.79. The average Bonchev–Trinajstić information content (AvgIpc) is 2.97. The molecule has 3 rings (SSSR count). The quantitative estimate of drug-likeness (QED) is 0.616.